The van der Waals surface area contributed by atoms with Gasteiger partial charge in [0.15, 0.2) is 0 Å². The number of carbonyl (C=O) groups excluding carboxylic acids is 1. The van der Waals surface area contributed by atoms with Gasteiger partial charge in [0.25, 0.3) is 0 Å². The largest absolute Gasteiger partial charge is 0.394 e. The van der Waals surface area contributed by atoms with Crippen LogP contribution in [-0.2, 0) is 4.79 Å². The lowest BCUT2D eigenvalue weighted by Crippen LogP contribution is -2.44. The van der Waals surface area contributed by atoms with E-state index in [9.17, 15) is 4.79 Å². The van der Waals surface area contributed by atoms with Crippen molar-refractivity contribution in [1.29, 1.82) is 0 Å². The Morgan fingerprint density at radius 3 is 3.27 bits per heavy atom. The zero-order valence-electron chi connectivity index (χ0n) is 8.47. The zero-order chi connectivity index (χ0) is 10.8. The third kappa shape index (κ3) is 1.78. The summed E-state index contributed by atoms with van der Waals surface area (Å²) in [6, 6.07) is 1.76. The van der Waals surface area contributed by atoms with E-state index in [1.807, 2.05) is 17.9 Å². The minimum absolute atomic E-state index is 0.0229. The van der Waals surface area contributed by atoms with Crippen LogP contribution >= 0.6 is 0 Å². The molecular formula is C10H13N3O2. The molecule has 80 valence electrons. The predicted molar refractivity (Wildman–Crippen MR) is 56.8 cm³/mol. The first-order valence-electron chi connectivity index (χ1n) is 4.83. The lowest BCUT2D eigenvalue weighted by Gasteiger charge is -2.34. The number of aliphatic hydroxyl groups excluding tert-OH is 1. The molecule has 0 fully saturated rings. The Hall–Kier alpha value is -1.62. The highest BCUT2D eigenvalue weighted by Crippen LogP contribution is 2.29. The van der Waals surface area contributed by atoms with Crippen molar-refractivity contribution in [3.8, 4) is 0 Å². The normalized spacial score (nSPS) is 16.9. The number of hydrogen-bond donors (Lipinski definition) is 2. The van der Waals surface area contributed by atoms with Crippen LogP contribution in [0.1, 0.15) is 6.92 Å². The fourth-order valence-corrected chi connectivity index (χ4v) is 1.66. The summed E-state index contributed by atoms with van der Waals surface area (Å²) in [7, 11) is 0. The summed E-state index contributed by atoms with van der Waals surface area (Å²) >= 11 is 0. The maximum Gasteiger partial charge on any atom is 0.244 e. The van der Waals surface area contributed by atoms with E-state index in [0.717, 1.165) is 5.69 Å². The molecule has 0 spiro atoms. The summed E-state index contributed by atoms with van der Waals surface area (Å²) in [6.45, 7) is 2.18. The lowest BCUT2D eigenvalue weighted by molar-refractivity contribution is -0.115. The number of fused-ring (bicyclic) bond motifs is 1. The van der Waals surface area contributed by atoms with E-state index in [1.54, 1.807) is 12.4 Å². The number of hydrogen-bond acceptors (Lipinski definition) is 4. The minimum atomic E-state index is -0.0733. The molecule has 2 N–H and O–H groups in total. The van der Waals surface area contributed by atoms with Gasteiger partial charge in [0, 0.05) is 12.2 Å². The van der Waals surface area contributed by atoms with Crippen molar-refractivity contribution < 1.29 is 9.90 Å². The van der Waals surface area contributed by atoms with Gasteiger partial charge in [-0.25, -0.2) is 0 Å². The first-order valence-corrected chi connectivity index (χ1v) is 4.83. The van der Waals surface area contributed by atoms with E-state index in [2.05, 4.69) is 10.3 Å². The highest BCUT2D eigenvalue weighted by atomic mass is 16.3. The molecule has 1 aromatic heterocycles. The summed E-state index contributed by atoms with van der Waals surface area (Å²) < 4.78 is 0. The first kappa shape index (κ1) is 9.92. The number of carbonyl (C=O) groups is 1. The molecule has 2 heterocycles. The number of nitrogens with zero attached hydrogens (tertiary/aromatic N) is 2. The van der Waals surface area contributed by atoms with Gasteiger partial charge in [-0.05, 0) is 13.0 Å². The van der Waals surface area contributed by atoms with Crippen LogP contribution in [0.25, 0.3) is 0 Å². The van der Waals surface area contributed by atoms with Gasteiger partial charge in [0.05, 0.1) is 30.7 Å². The summed E-state index contributed by atoms with van der Waals surface area (Å²) in [6.07, 6.45) is 3.29. The van der Waals surface area contributed by atoms with Crippen LogP contribution in [0.15, 0.2) is 18.5 Å². The van der Waals surface area contributed by atoms with E-state index in [0.29, 0.717) is 5.69 Å². The van der Waals surface area contributed by atoms with E-state index in [-0.39, 0.29) is 25.1 Å². The van der Waals surface area contributed by atoms with Gasteiger partial charge >= 0.3 is 0 Å². The Kier molecular flexibility index (Phi) is 2.55. The van der Waals surface area contributed by atoms with E-state index in [1.165, 1.54) is 0 Å². The van der Waals surface area contributed by atoms with Crippen LogP contribution < -0.4 is 10.2 Å². The van der Waals surface area contributed by atoms with Crippen molar-refractivity contribution in [2.24, 2.45) is 0 Å². The van der Waals surface area contributed by atoms with Crippen LogP contribution in [-0.4, -0.2) is 35.2 Å². The predicted octanol–water partition coefficient (Wildman–Crippen LogP) is 0.221. The molecule has 0 aliphatic carbocycles. The average Bonchev–Trinajstić information content (AvgIpc) is 2.26. The Balaban J connectivity index is 2.38. The highest BCUT2D eigenvalue weighted by Gasteiger charge is 2.24. The van der Waals surface area contributed by atoms with E-state index < -0.39 is 0 Å². The molecule has 1 atom stereocenters. The van der Waals surface area contributed by atoms with Crippen molar-refractivity contribution in [2.75, 3.05) is 23.4 Å². The third-order valence-electron chi connectivity index (χ3n) is 2.49. The number of aliphatic hydroxyl groups is 1. The molecule has 5 heteroatoms. The SMILES string of the molecule is CC(CO)N1CC(=O)Nc2cnccc21. The standard InChI is InChI=1S/C10H13N3O2/c1-7(6-14)13-5-10(15)12-8-4-11-3-2-9(8)13/h2-4,7,14H,5-6H2,1H3,(H,12,15). The molecule has 1 aliphatic rings. The molecule has 15 heavy (non-hydrogen) atoms. The second-order valence-corrected chi connectivity index (χ2v) is 3.60. The van der Waals surface area contributed by atoms with Gasteiger partial charge in [-0.2, -0.15) is 0 Å². The molecule has 1 aliphatic heterocycles. The Morgan fingerprint density at radius 2 is 2.53 bits per heavy atom. The third-order valence-corrected chi connectivity index (χ3v) is 2.49. The van der Waals surface area contributed by atoms with Crippen molar-refractivity contribution in [3.05, 3.63) is 18.5 Å². The number of aromatic nitrogens is 1. The van der Waals surface area contributed by atoms with Crippen molar-refractivity contribution in [1.82, 2.24) is 4.98 Å². The molecule has 5 nitrogen and oxygen atoms in total. The minimum Gasteiger partial charge on any atom is -0.394 e. The molecule has 1 unspecified atom stereocenters. The Labute approximate surface area is 87.7 Å². The number of amides is 1. The van der Waals surface area contributed by atoms with Gasteiger partial charge in [0.1, 0.15) is 0 Å². The number of anilines is 2. The Morgan fingerprint density at radius 1 is 1.73 bits per heavy atom. The molecule has 1 amide bonds. The van der Waals surface area contributed by atoms with Crippen molar-refractivity contribution in [2.45, 2.75) is 13.0 Å². The highest BCUT2D eigenvalue weighted by molar-refractivity contribution is 6.00. The summed E-state index contributed by atoms with van der Waals surface area (Å²) in [5.74, 6) is -0.0733. The van der Waals surface area contributed by atoms with Crippen molar-refractivity contribution >= 4 is 17.3 Å². The number of rotatable bonds is 2. The molecule has 0 bridgehead atoms. The van der Waals surface area contributed by atoms with Gasteiger partial charge in [-0.3, -0.25) is 9.78 Å². The molecule has 0 radical (unpaired) electrons. The monoisotopic (exact) mass is 207 g/mol. The number of pyridine rings is 1. The first-order chi connectivity index (χ1) is 7.22. The van der Waals surface area contributed by atoms with Crippen LogP contribution in [0.5, 0.6) is 0 Å². The zero-order valence-corrected chi connectivity index (χ0v) is 8.47. The maximum atomic E-state index is 11.4. The fraction of sp³-hybridized carbons (Fsp3) is 0.400. The average molecular weight is 207 g/mol. The molecule has 0 saturated carbocycles. The van der Waals surface area contributed by atoms with Crippen LogP contribution in [0, 0.1) is 0 Å². The molecule has 2 rings (SSSR count). The molecular weight excluding hydrogens is 194 g/mol. The van der Waals surface area contributed by atoms with E-state index >= 15 is 0 Å². The van der Waals surface area contributed by atoms with Crippen molar-refractivity contribution in [3.63, 3.8) is 0 Å². The summed E-state index contributed by atoms with van der Waals surface area (Å²) in [5, 5.41) is 11.9. The lowest BCUT2D eigenvalue weighted by atomic mass is 10.2. The van der Waals surface area contributed by atoms with E-state index in [4.69, 9.17) is 5.11 Å². The molecule has 1 aromatic rings. The topological polar surface area (TPSA) is 65.5 Å². The van der Waals surface area contributed by atoms with Gasteiger partial charge in [-0.15, -0.1) is 0 Å². The van der Waals surface area contributed by atoms with Crippen LogP contribution in [0.4, 0.5) is 11.4 Å². The Bertz CT molecular complexity index is 381. The molecule has 0 aromatic carbocycles. The van der Waals surface area contributed by atoms with Gasteiger partial charge in [-0.1, -0.05) is 0 Å². The summed E-state index contributed by atoms with van der Waals surface area (Å²) in [4.78, 5) is 17.2. The van der Waals surface area contributed by atoms with Gasteiger partial charge < -0.3 is 15.3 Å². The van der Waals surface area contributed by atoms with Gasteiger partial charge in [0.2, 0.25) is 5.91 Å². The number of nitrogens with one attached hydrogen (secondary N) is 1. The van der Waals surface area contributed by atoms with Crippen LogP contribution in [0.2, 0.25) is 0 Å². The van der Waals surface area contributed by atoms with Crippen LogP contribution in [0.3, 0.4) is 0 Å². The maximum absolute atomic E-state index is 11.4. The second kappa shape index (κ2) is 3.86. The fourth-order valence-electron chi connectivity index (χ4n) is 1.66. The quantitative estimate of drug-likeness (QED) is 0.728. The smallest absolute Gasteiger partial charge is 0.244 e. The molecule has 0 saturated heterocycles. The summed E-state index contributed by atoms with van der Waals surface area (Å²) in [5.41, 5.74) is 1.61. The second-order valence-electron chi connectivity index (χ2n) is 3.60.